The Bertz CT molecular complexity index is 936. The fourth-order valence-electron chi connectivity index (χ4n) is 2.52. The Morgan fingerprint density at radius 1 is 1.12 bits per heavy atom. The van der Waals surface area contributed by atoms with Crippen molar-refractivity contribution < 1.29 is 18.7 Å². The molecule has 0 aliphatic carbocycles. The first kappa shape index (κ1) is 15.2. The zero-order valence-corrected chi connectivity index (χ0v) is 13.5. The second-order valence-electron chi connectivity index (χ2n) is 5.62. The maximum Gasteiger partial charge on any atom is 0.251 e. The van der Waals surface area contributed by atoms with E-state index in [0.29, 0.717) is 28.8 Å². The molecule has 0 radical (unpaired) electrons. The third-order valence-electron chi connectivity index (χ3n) is 3.77. The molecule has 3 aromatic rings. The predicted octanol–water partition coefficient (Wildman–Crippen LogP) is 2.70. The van der Waals surface area contributed by atoms with E-state index >= 15 is 0 Å². The summed E-state index contributed by atoms with van der Waals surface area (Å²) in [7, 11) is 0. The van der Waals surface area contributed by atoms with E-state index in [1.807, 2.05) is 31.2 Å². The molecule has 0 saturated carbocycles. The summed E-state index contributed by atoms with van der Waals surface area (Å²) in [6, 6.07) is 12.8. The fourth-order valence-corrected chi connectivity index (χ4v) is 2.52. The SMILES string of the molecule is Cc1cccc(-c2nnc(CNC(=O)c3ccc4c(c3)OCO4)o2)c1. The summed E-state index contributed by atoms with van der Waals surface area (Å²) in [4.78, 5) is 12.2. The maximum absolute atomic E-state index is 12.2. The van der Waals surface area contributed by atoms with E-state index in [-0.39, 0.29) is 19.2 Å². The quantitative estimate of drug-likeness (QED) is 0.788. The zero-order valence-electron chi connectivity index (χ0n) is 13.5. The number of amides is 1. The third kappa shape index (κ3) is 3.16. The summed E-state index contributed by atoms with van der Waals surface area (Å²) in [5, 5.41) is 10.7. The first-order valence-corrected chi connectivity index (χ1v) is 7.76. The Kier molecular flexibility index (Phi) is 3.81. The standard InChI is InChI=1S/C18H15N3O4/c1-11-3-2-4-13(7-11)18-21-20-16(25-18)9-19-17(22)12-5-6-14-15(8-12)24-10-23-14/h2-8H,9-10H2,1H3,(H,19,22). The van der Waals surface area contributed by atoms with E-state index < -0.39 is 0 Å². The molecule has 7 nitrogen and oxygen atoms in total. The fraction of sp³-hybridized carbons (Fsp3) is 0.167. The van der Waals surface area contributed by atoms with E-state index in [1.54, 1.807) is 18.2 Å². The zero-order chi connectivity index (χ0) is 17.2. The van der Waals surface area contributed by atoms with Gasteiger partial charge in [-0.25, -0.2) is 0 Å². The number of hydrogen-bond donors (Lipinski definition) is 1. The molecule has 126 valence electrons. The Morgan fingerprint density at radius 3 is 2.88 bits per heavy atom. The Labute approximate surface area is 143 Å². The molecule has 7 heteroatoms. The Balaban J connectivity index is 1.42. The molecular weight excluding hydrogens is 322 g/mol. The number of hydrogen-bond acceptors (Lipinski definition) is 6. The van der Waals surface area contributed by atoms with Crippen LogP contribution in [0.25, 0.3) is 11.5 Å². The van der Waals surface area contributed by atoms with Crippen LogP contribution in [-0.2, 0) is 6.54 Å². The lowest BCUT2D eigenvalue weighted by atomic mass is 10.1. The Hall–Kier alpha value is -3.35. The molecule has 0 spiro atoms. The molecule has 4 rings (SSSR count). The normalized spacial score (nSPS) is 12.2. The second kappa shape index (κ2) is 6.27. The number of carbonyl (C=O) groups excluding carboxylic acids is 1. The number of carbonyl (C=O) groups is 1. The number of fused-ring (bicyclic) bond motifs is 1. The highest BCUT2D eigenvalue weighted by molar-refractivity contribution is 5.94. The first-order chi connectivity index (χ1) is 12.2. The molecule has 25 heavy (non-hydrogen) atoms. The van der Waals surface area contributed by atoms with Crippen LogP contribution in [0.5, 0.6) is 11.5 Å². The van der Waals surface area contributed by atoms with Crippen molar-refractivity contribution in [2.24, 2.45) is 0 Å². The topological polar surface area (TPSA) is 86.5 Å². The van der Waals surface area contributed by atoms with Crippen molar-refractivity contribution >= 4 is 5.91 Å². The van der Waals surface area contributed by atoms with E-state index in [2.05, 4.69) is 15.5 Å². The Morgan fingerprint density at radius 2 is 2.00 bits per heavy atom. The molecule has 0 saturated heterocycles. The molecule has 1 aliphatic rings. The summed E-state index contributed by atoms with van der Waals surface area (Å²) in [5.41, 5.74) is 2.43. The lowest BCUT2D eigenvalue weighted by Gasteiger charge is -2.03. The molecule has 0 bridgehead atoms. The number of aromatic nitrogens is 2. The molecule has 1 amide bonds. The predicted molar refractivity (Wildman–Crippen MR) is 88.2 cm³/mol. The van der Waals surface area contributed by atoms with Gasteiger partial charge in [0, 0.05) is 11.1 Å². The van der Waals surface area contributed by atoms with Crippen LogP contribution in [-0.4, -0.2) is 22.9 Å². The second-order valence-corrected chi connectivity index (χ2v) is 5.62. The van der Waals surface area contributed by atoms with Gasteiger partial charge in [0.2, 0.25) is 18.6 Å². The molecule has 1 aliphatic heterocycles. The summed E-state index contributed by atoms with van der Waals surface area (Å²) >= 11 is 0. The third-order valence-corrected chi connectivity index (χ3v) is 3.77. The maximum atomic E-state index is 12.2. The lowest BCUT2D eigenvalue weighted by Crippen LogP contribution is -2.22. The minimum absolute atomic E-state index is 0.145. The van der Waals surface area contributed by atoms with Crippen LogP contribution in [0.1, 0.15) is 21.8 Å². The largest absolute Gasteiger partial charge is 0.454 e. The van der Waals surface area contributed by atoms with Crippen molar-refractivity contribution in [3.05, 3.63) is 59.5 Å². The van der Waals surface area contributed by atoms with Gasteiger partial charge in [-0.1, -0.05) is 17.7 Å². The van der Waals surface area contributed by atoms with Crippen molar-refractivity contribution in [3.8, 4) is 23.0 Å². The molecule has 1 aromatic heterocycles. The van der Waals surface area contributed by atoms with Crippen LogP contribution >= 0.6 is 0 Å². The molecule has 0 atom stereocenters. The van der Waals surface area contributed by atoms with Crippen LogP contribution in [0.4, 0.5) is 0 Å². The van der Waals surface area contributed by atoms with Gasteiger partial charge in [-0.2, -0.15) is 0 Å². The average Bonchev–Trinajstić information content (AvgIpc) is 3.28. The highest BCUT2D eigenvalue weighted by atomic mass is 16.7. The number of benzene rings is 2. The summed E-state index contributed by atoms with van der Waals surface area (Å²) < 4.78 is 16.1. The van der Waals surface area contributed by atoms with Crippen LogP contribution in [0.15, 0.2) is 46.9 Å². The number of rotatable bonds is 4. The van der Waals surface area contributed by atoms with Crippen molar-refractivity contribution in [2.75, 3.05) is 6.79 Å². The molecule has 0 unspecified atom stereocenters. The minimum atomic E-state index is -0.256. The van der Waals surface area contributed by atoms with E-state index in [1.165, 1.54) is 0 Å². The van der Waals surface area contributed by atoms with Crippen LogP contribution in [0.3, 0.4) is 0 Å². The highest BCUT2D eigenvalue weighted by Gasteiger charge is 2.17. The van der Waals surface area contributed by atoms with Crippen molar-refractivity contribution in [3.63, 3.8) is 0 Å². The van der Waals surface area contributed by atoms with E-state index in [0.717, 1.165) is 11.1 Å². The van der Waals surface area contributed by atoms with Crippen molar-refractivity contribution in [1.82, 2.24) is 15.5 Å². The van der Waals surface area contributed by atoms with Gasteiger partial charge in [0.25, 0.3) is 5.91 Å². The summed E-state index contributed by atoms with van der Waals surface area (Å²) in [6.07, 6.45) is 0. The van der Waals surface area contributed by atoms with Crippen LogP contribution < -0.4 is 14.8 Å². The molecule has 0 fully saturated rings. The van der Waals surface area contributed by atoms with Gasteiger partial charge in [-0.05, 0) is 37.3 Å². The van der Waals surface area contributed by atoms with Gasteiger partial charge in [0.15, 0.2) is 11.5 Å². The molecule has 1 N–H and O–H groups in total. The van der Waals surface area contributed by atoms with Crippen molar-refractivity contribution in [1.29, 1.82) is 0 Å². The van der Waals surface area contributed by atoms with Crippen LogP contribution in [0, 0.1) is 6.92 Å². The smallest absolute Gasteiger partial charge is 0.251 e. The molecule has 2 heterocycles. The number of nitrogens with one attached hydrogen (secondary N) is 1. The van der Waals surface area contributed by atoms with Gasteiger partial charge in [-0.15, -0.1) is 10.2 Å². The number of aryl methyl sites for hydroxylation is 1. The summed E-state index contributed by atoms with van der Waals surface area (Å²) in [5.74, 6) is 1.71. The highest BCUT2D eigenvalue weighted by Crippen LogP contribution is 2.32. The minimum Gasteiger partial charge on any atom is -0.454 e. The number of nitrogens with zero attached hydrogens (tertiary/aromatic N) is 2. The average molecular weight is 337 g/mol. The van der Waals surface area contributed by atoms with Crippen LogP contribution in [0.2, 0.25) is 0 Å². The number of ether oxygens (including phenoxy) is 2. The summed E-state index contributed by atoms with van der Waals surface area (Å²) in [6.45, 7) is 2.31. The lowest BCUT2D eigenvalue weighted by molar-refractivity contribution is 0.0947. The van der Waals surface area contributed by atoms with Gasteiger partial charge >= 0.3 is 0 Å². The van der Waals surface area contributed by atoms with E-state index in [4.69, 9.17) is 13.9 Å². The van der Waals surface area contributed by atoms with Gasteiger partial charge < -0.3 is 19.2 Å². The first-order valence-electron chi connectivity index (χ1n) is 7.76. The van der Waals surface area contributed by atoms with Crippen molar-refractivity contribution in [2.45, 2.75) is 13.5 Å². The van der Waals surface area contributed by atoms with Gasteiger partial charge in [0.1, 0.15) is 0 Å². The monoisotopic (exact) mass is 337 g/mol. The van der Waals surface area contributed by atoms with Gasteiger partial charge in [-0.3, -0.25) is 4.79 Å². The molecule has 2 aromatic carbocycles. The van der Waals surface area contributed by atoms with Gasteiger partial charge in [0.05, 0.1) is 6.54 Å². The van der Waals surface area contributed by atoms with E-state index in [9.17, 15) is 4.79 Å². The molecular formula is C18H15N3O4.